The molecular formula is C25H27FN2O4. The van der Waals surface area contributed by atoms with Crippen molar-refractivity contribution in [2.24, 2.45) is 0 Å². The quantitative estimate of drug-likeness (QED) is 0.380. The molecule has 32 heavy (non-hydrogen) atoms. The Morgan fingerprint density at radius 1 is 1.09 bits per heavy atom. The summed E-state index contributed by atoms with van der Waals surface area (Å²) in [6.45, 7) is 5.02. The highest BCUT2D eigenvalue weighted by Crippen LogP contribution is 2.25. The van der Waals surface area contributed by atoms with Crippen LogP contribution in [0.2, 0.25) is 0 Å². The summed E-state index contributed by atoms with van der Waals surface area (Å²) in [6, 6.07) is 17.9. The van der Waals surface area contributed by atoms with Crippen LogP contribution in [0.3, 0.4) is 0 Å². The van der Waals surface area contributed by atoms with E-state index in [4.69, 9.17) is 4.74 Å². The van der Waals surface area contributed by atoms with Crippen LogP contribution in [0.15, 0.2) is 60.7 Å². The Bertz CT molecular complexity index is 1090. The molecular weight excluding hydrogens is 411 g/mol. The molecule has 0 amide bonds. The molecule has 6 nitrogen and oxygen atoms in total. The molecule has 1 atom stereocenters. The standard InChI is InChI=1S/C25H27FN2O4/c1-17-4-5-18(2)23(12-17)20-8-6-19(7-9-20)14-27(3)15-22(29)16-32-25-11-10-21(28(30)31)13-24(25)26/h4-13,22,29H,14-16H2,1-3H3. The van der Waals surface area contributed by atoms with Gasteiger partial charge < -0.3 is 9.84 Å². The first kappa shape index (κ1) is 23.4. The van der Waals surface area contributed by atoms with Crippen LogP contribution in [0.5, 0.6) is 5.75 Å². The second-order valence-electron chi connectivity index (χ2n) is 8.05. The number of hydrogen-bond donors (Lipinski definition) is 1. The largest absolute Gasteiger partial charge is 0.488 e. The first-order valence-corrected chi connectivity index (χ1v) is 10.3. The van der Waals surface area contributed by atoms with Gasteiger partial charge in [-0.25, -0.2) is 4.39 Å². The van der Waals surface area contributed by atoms with Gasteiger partial charge in [-0.1, -0.05) is 48.0 Å². The number of nitrogens with zero attached hydrogens (tertiary/aromatic N) is 2. The summed E-state index contributed by atoms with van der Waals surface area (Å²) in [4.78, 5) is 11.9. The van der Waals surface area contributed by atoms with Crippen LogP contribution in [0.4, 0.5) is 10.1 Å². The fraction of sp³-hybridized carbons (Fsp3) is 0.280. The van der Waals surface area contributed by atoms with E-state index in [1.807, 2.05) is 11.9 Å². The molecule has 1 N–H and O–H groups in total. The molecule has 0 saturated heterocycles. The first-order chi connectivity index (χ1) is 15.2. The van der Waals surface area contributed by atoms with E-state index in [9.17, 15) is 19.6 Å². The third-order valence-electron chi connectivity index (χ3n) is 5.19. The molecule has 0 fully saturated rings. The molecule has 0 saturated carbocycles. The van der Waals surface area contributed by atoms with Crippen molar-refractivity contribution >= 4 is 5.69 Å². The minimum Gasteiger partial charge on any atom is -0.488 e. The molecule has 3 rings (SSSR count). The zero-order valence-electron chi connectivity index (χ0n) is 18.4. The van der Waals surface area contributed by atoms with Gasteiger partial charge in [0.2, 0.25) is 0 Å². The van der Waals surface area contributed by atoms with Crippen molar-refractivity contribution in [3.05, 3.63) is 93.3 Å². The predicted molar refractivity (Wildman–Crippen MR) is 122 cm³/mol. The minimum atomic E-state index is -0.844. The van der Waals surface area contributed by atoms with E-state index in [0.717, 1.165) is 17.2 Å². The average molecular weight is 438 g/mol. The van der Waals surface area contributed by atoms with Gasteiger partial charge in [0.1, 0.15) is 12.7 Å². The SMILES string of the molecule is Cc1ccc(C)c(-c2ccc(CN(C)CC(O)COc3ccc([N+](=O)[O-])cc3F)cc2)c1. The highest BCUT2D eigenvalue weighted by molar-refractivity contribution is 5.68. The number of likely N-dealkylation sites (N-methyl/N-ethyl adjacent to an activating group) is 1. The van der Waals surface area contributed by atoms with Gasteiger partial charge in [-0.05, 0) is 49.2 Å². The fourth-order valence-electron chi connectivity index (χ4n) is 3.53. The molecule has 168 valence electrons. The van der Waals surface area contributed by atoms with E-state index >= 15 is 0 Å². The normalized spacial score (nSPS) is 12.1. The van der Waals surface area contributed by atoms with Crippen LogP contribution in [-0.2, 0) is 6.54 Å². The lowest BCUT2D eigenvalue weighted by Gasteiger charge is -2.21. The summed E-state index contributed by atoms with van der Waals surface area (Å²) < 4.78 is 19.2. The number of hydrogen-bond acceptors (Lipinski definition) is 5. The first-order valence-electron chi connectivity index (χ1n) is 10.3. The molecule has 1 unspecified atom stereocenters. The zero-order chi connectivity index (χ0) is 23.3. The number of benzene rings is 3. The molecule has 0 aromatic heterocycles. The van der Waals surface area contributed by atoms with E-state index < -0.39 is 16.8 Å². The Labute approximate surface area is 187 Å². The Balaban J connectivity index is 1.52. The van der Waals surface area contributed by atoms with Crippen molar-refractivity contribution in [1.29, 1.82) is 0 Å². The zero-order valence-corrected chi connectivity index (χ0v) is 18.4. The summed E-state index contributed by atoms with van der Waals surface area (Å²) in [5, 5.41) is 20.9. The van der Waals surface area contributed by atoms with Crippen LogP contribution in [0.1, 0.15) is 16.7 Å². The third-order valence-corrected chi connectivity index (χ3v) is 5.19. The van der Waals surface area contributed by atoms with Crippen molar-refractivity contribution < 1.29 is 19.2 Å². The molecule has 0 spiro atoms. The van der Waals surface area contributed by atoms with Gasteiger partial charge in [0, 0.05) is 19.2 Å². The number of aryl methyl sites for hydroxylation is 2. The highest BCUT2D eigenvalue weighted by Gasteiger charge is 2.14. The molecule has 0 bridgehead atoms. The monoisotopic (exact) mass is 438 g/mol. The predicted octanol–water partition coefficient (Wildman–Crippen LogP) is 4.89. The van der Waals surface area contributed by atoms with Crippen LogP contribution < -0.4 is 4.74 Å². The van der Waals surface area contributed by atoms with Crippen molar-refractivity contribution in [3.8, 4) is 16.9 Å². The third kappa shape index (κ3) is 6.12. The van der Waals surface area contributed by atoms with Gasteiger partial charge in [-0.3, -0.25) is 15.0 Å². The van der Waals surface area contributed by atoms with Gasteiger partial charge in [0.15, 0.2) is 11.6 Å². The smallest absolute Gasteiger partial charge is 0.272 e. The number of nitro groups is 1. The summed E-state index contributed by atoms with van der Waals surface area (Å²) in [7, 11) is 1.88. The summed E-state index contributed by atoms with van der Waals surface area (Å²) >= 11 is 0. The van der Waals surface area contributed by atoms with Crippen LogP contribution >= 0.6 is 0 Å². The number of nitro benzene ring substituents is 1. The van der Waals surface area contributed by atoms with Crippen LogP contribution in [0.25, 0.3) is 11.1 Å². The summed E-state index contributed by atoms with van der Waals surface area (Å²) in [5.41, 5.74) is 5.59. The van der Waals surface area contributed by atoms with E-state index in [1.165, 1.54) is 28.8 Å². The van der Waals surface area contributed by atoms with Crippen molar-refractivity contribution in [2.45, 2.75) is 26.5 Å². The van der Waals surface area contributed by atoms with Crippen molar-refractivity contribution in [1.82, 2.24) is 4.90 Å². The molecule has 7 heteroatoms. The van der Waals surface area contributed by atoms with Crippen LogP contribution in [-0.4, -0.2) is 41.2 Å². The molecule has 0 aliphatic heterocycles. The van der Waals surface area contributed by atoms with E-state index in [2.05, 4.69) is 56.3 Å². The number of halogens is 1. The van der Waals surface area contributed by atoms with E-state index in [1.54, 1.807) is 0 Å². The molecule has 0 aliphatic rings. The summed E-state index contributed by atoms with van der Waals surface area (Å²) in [6.07, 6.45) is -0.844. The average Bonchev–Trinajstić information content (AvgIpc) is 2.75. The van der Waals surface area contributed by atoms with Crippen molar-refractivity contribution in [2.75, 3.05) is 20.2 Å². The Morgan fingerprint density at radius 3 is 2.47 bits per heavy atom. The Kier molecular flexibility index (Phi) is 7.56. The Morgan fingerprint density at radius 2 is 1.81 bits per heavy atom. The molecule has 0 heterocycles. The van der Waals surface area contributed by atoms with E-state index in [-0.39, 0.29) is 18.0 Å². The second kappa shape index (κ2) is 10.3. The second-order valence-corrected chi connectivity index (χ2v) is 8.05. The van der Waals surface area contributed by atoms with Crippen molar-refractivity contribution in [3.63, 3.8) is 0 Å². The number of ether oxygens (including phenoxy) is 1. The number of non-ortho nitro benzene ring substituents is 1. The molecule has 3 aromatic carbocycles. The van der Waals surface area contributed by atoms with E-state index in [0.29, 0.717) is 13.1 Å². The van der Waals surface area contributed by atoms with Gasteiger partial charge in [0.25, 0.3) is 5.69 Å². The fourth-order valence-corrected chi connectivity index (χ4v) is 3.53. The lowest BCUT2D eigenvalue weighted by Crippen LogP contribution is -2.32. The Hall–Kier alpha value is -3.29. The van der Waals surface area contributed by atoms with Gasteiger partial charge in [-0.15, -0.1) is 0 Å². The molecule has 0 radical (unpaired) electrons. The highest BCUT2D eigenvalue weighted by atomic mass is 19.1. The maximum Gasteiger partial charge on any atom is 0.272 e. The number of aliphatic hydroxyl groups is 1. The topological polar surface area (TPSA) is 75.8 Å². The lowest BCUT2D eigenvalue weighted by molar-refractivity contribution is -0.385. The molecule has 0 aliphatic carbocycles. The van der Waals surface area contributed by atoms with Gasteiger partial charge in [-0.2, -0.15) is 0 Å². The van der Waals surface area contributed by atoms with Gasteiger partial charge in [0.05, 0.1) is 11.0 Å². The summed E-state index contributed by atoms with van der Waals surface area (Å²) in [5.74, 6) is -0.956. The molecule has 3 aromatic rings. The lowest BCUT2D eigenvalue weighted by atomic mass is 9.97. The number of aliphatic hydroxyl groups excluding tert-OH is 1. The maximum absolute atomic E-state index is 13.9. The van der Waals surface area contributed by atoms with Gasteiger partial charge >= 0.3 is 0 Å². The number of rotatable bonds is 9. The van der Waals surface area contributed by atoms with Crippen LogP contribution in [0, 0.1) is 29.8 Å². The maximum atomic E-state index is 13.9. The minimum absolute atomic E-state index is 0.120.